The van der Waals surface area contributed by atoms with Gasteiger partial charge in [-0.3, -0.25) is 4.79 Å². The molecule has 0 aromatic heterocycles. The second-order valence-corrected chi connectivity index (χ2v) is 5.64. The molecule has 1 rings (SSSR count). The van der Waals surface area contributed by atoms with Gasteiger partial charge < -0.3 is 5.32 Å². The predicted octanol–water partition coefficient (Wildman–Crippen LogP) is 2.95. The minimum atomic E-state index is 0.193. The summed E-state index contributed by atoms with van der Waals surface area (Å²) in [5, 5.41) is 3.38. The molecule has 1 aliphatic carbocycles. The standard InChI is InChI=1S/C12H22ClNO/c1-9(2)7-12(15)14-8-10-3-5-11(13)6-4-10/h9-11H,3-8H2,1-2H3,(H,14,15). The van der Waals surface area contributed by atoms with E-state index in [4.69, 9.17) is 11.6 Å². The highest BCUT2D eigenvalue weighted by Crippen LogP contribution is 2.26. The summed E-state index contributed by atoms with van der Waals surface area (Å²) < 4.78 is 0. The van der Waals surface area contributed by atoms with Crippen molar-refractivity contribution in [3.63, 3.8) is 0 Å². The van der Waals surface area contributed by atoms with Crippen LogP contribution in [-0.4, -0.2) is 17.8 Å². The van der Waals surface area contributed by atoms with Gasteiger partial charge in [-0.1, -0.05) is 13.8 Å². The van der Waals surface area contributed by atoms with E-state index in [0.29, 0.717) is 23.6 Å². The molecule has 0 heterocycles. The Kier molecular flexibility index (Phi) is 5.44. The molecule has 2 nitrogen and oxygen atoms in total. The number of hydrogen-bond acceptors (Lipinski definition) is 1. The first-order valence-electron chi connectivity index (χ1n) is 5.98. The monoisotopic (exact) mass is 231 g/mol. The third-order valence-electron chi connectivity index (χ3n) is 2.96. The molecule has 0 spiro atoms. The minimum Gasteiger partial charge on any atom is -0.356 e. The molecule has 0 saturated heterocycles. The van der Waals surface area contributed by atoms with Crippen LogP contribution >= 0.6 is 11.6 Å². The van der Waals surface area contributed by atoms with E-state index in [1.54, 1.807) is 0 Å². The van der Waals surface area contributed by atoms with Gasteiger partial charge in [0.1, 0.15) is 0 Å². The Labute approximate surface area is 97.8 Å². The van der Waals surface area contributed by atoms with E-state index in [1.807, 2.05) is 0 Å². The highest BCUT2D eigenvalue weighted by Gasteiger charge is 2.19. The fourth-order valence-electron chi connectivity index (χ4n) is 2.03. The molecule has 1 saturated carbocycles. The van der Waals surface area contributed by atoms with Crippen LogP contribution in [0.2, 0.25) is 0 Å². The molecule has 3 heteroatoms. The van der Waals surface area contributed by atoms with Crippen LogP contribution in [0.4, 0.5) is 0 Å². The first kappa shape index (κ1) is 12.8. The lowest BCUT2D eigenvalue weighted by molar-refractivity contribution is -0.122. The normalized spacial score (nSPS) is 26.7. The quantitative estimate of drug-likeness (QED) is 0.741. The number of halogens is 1. The van der Waals surface area contributed by atoms with Gasteiger partial charge in [0.15, 0.2) is 0 Å². The molecule has 0 aromatic carbocycles. The highest BCUT2D eigenvalue weighted by molar-refractivity contribution is 6.20. The summed E-state index contributed by atoms with van der Waals surface area (Å²) in [4.78, 5) is 11.4. The summed E-state index contributed by atoms with van der Waals surface area (Å²) in [5.74, 6) is 1.29. The molecule has 1 fully saturated rings. The van der Waals surface area contributed by atoms with Gasteiger partial charge in [0, 0.05) is 18.3 Å². The van der Waals surface area contributed by atoms with Gasteiger partial charge >= 0.3 is 0 Å². The van der Waals surface area contributed by atoms with Crippen molar-refractivity contribution in [2.75, 3.05) is 6.54 Å². The molecule has 0 atom stereocenters. The van der Waals surface area contributed by atoms with Crippen molar-refractivity contribution in [3.05, 3.63) is 0 Å². The van der Waals surface area contributed by atoms with Crippen LogP contribution in [0.5, 0.6) is 0 Å². The van der Waals surface area contributed by atoms with Crippen molar-refractivity contribution < 1.29 is 4.79 Å². The van der Waals surface area contributed by atoms with Gasteiger partial charge in [-0.2, -0.15) is 0 Å². The maximum Gasteiger partial charge on any atom is 0.220 e. The van der Waals surface area contributed by atoms with Gasteiger partial charge in [0.05, 0.1) is 0 Å². The molecule has 88 valence electrons. The Morgan fingerprint density at radius 2 is 1.93 bits per heavy atom. The van der Waals surface area contributed by atoms with Gasteiger partial charge in [0.2, 0.25) is 5.91 Å². The van der Waals surface area contributed by atoms with Gasteiger partial charge in [-0.05, 0) is 37.5 Å². The number of hydrogen-bond donors (Lipinski definition) is 1. The Bertz CT molecular complexity index is 198. The third kappa shape index (κ3) is 5.41. The zero-order valence-corrected chi connectivity index (χ0v) is 10.5. The summed E-state index contributed by atoms with van der Waals surface area (Å²) in [6, 6.07) is 0. The van der Waals surface area contributed by atoms with Crippen LogP contribution in [0, 0.1) is 11.8 Å². The Hall–Kier alpha value is -0.240. The molecule has 0 aliphatic heterocycles. The largest absolute Gasteiger partial charge is 0.356 e. The molecule has 0 bridgehead atoms. The average Bonchev–Trinajstić information content (AvgIpc) is 2.16. The highest BCUT2D eigenvalue weighted by atomic mass is 35.5. The van der Waals surface area contributed by atoms with Crippen molar-refractivity contribution in [3.8, 4) is 0 Å². The van der Waals surface area contributed by atoms with E-state index < -0.39 is 0 Å². The maximum absolute atomic E-state index is 11.4. The molecule has 1 N–H and O–H groups in total. The van der Waals surface area contributed by atoms with Crippen LogP contribution < -0.4 is 5.32 Å². The molecule has 0 radical (unpaired) electrons. The predicted molar refractivity (Wildman–Crippen MR) is 64.1 cm³/mol. The van der Waals surface area contributed by atoms with E-state index in [1.165, 1.54) is 0 Å². The zero-order valence-electron chi connectivity index (χ0n) is 9.76. The van der Waals surface area contributed by atoms with E-state index in [-0.39, 0.29) is 5.91 Å². The number of rotatable bonds is 4. The molecular formula is C12H22ClNO. The van der Waals surface area contributed by atoms with Crippen molar-refractivity contribution >= 4 is 17.5 Å². The average molecular weight is 232 g/mol. The van der Waals surface area contributed by atoms with Crippen LogP contribution in [-0.2, 0) is 4.79 Å². The van der Waals surface area contributed by atoms with Crippen LogP contribution in [0.3, 0.4) is 0 Å². The molecule has 1 aliphatic rings. The number of alkyl halides is 1. The van der Waals surface area contributed by atoms with Crippen molar-refractivity contribution in [1.82, 2.24) is 5.32 Å². The molecule has 15 heavy (non-hydrogen) atoms. The van der Waals surface area contributed by atoms with Crippen molar-refractivity contribution in [2.24, 2.45) is 11.8 Å². The van der Waals surface area contributed by atoms with E-state index >= 15 is 0 Å². The van der Waals surface area contributed by atoms with E-state index in [0.717, 1.165) is 32.2 Å². The van der Waals surface area contributed by atoms with Crippen LogP contribution in [0.1, 0.15) is 46.0 Å². The molecule has 0 aromatic rings. The summed E-state index contributed by atoms with van der Waals surface area (Å²) >= 11 is 6.03. The fourth-order valence-corrected chi connectivity index (χ4v) is 2.28. The minimum absolute atomic E-state index is 0.193. The second-order valence-electron chi connectivity index (χ2n) is 5.02. The van der Waals surface area contributed by atoms with Crippen molar-refractivity contribution in [2.45, 2.75) is 51.3 Å². The Balaban J connectivity index is 2.12. The summed E-state index contributed by atoms with van der Waals surface area (Å²) in [6.07, 6.45) is 5.18. The van der Waals surface area contributed by atoms with Gasteiger partial charge in [0.25, 0.3) is 0 Å². The van der Waals surface area contributed by atoms with Crippen LogP contribution in [0.25, 0.3) is 0 Å². The lowest BCUT2D eigenvalue weighted by Gasteiger charge is -2.25. The number of carbonyl (C=O) groups excluding carboxylic acids is 1. The lowest BCUT2D eigenvalue weighted by atomic mass is 9.89. The molecule has 0 unspecified atom stereocenters. The lowest BCUT2D eigenvalue weighted by Crippen LogP contribution is -2.31. The second kappa shape index (κ2) is 6.37. The zero-order chi connectivity index (χ0) is 11.3. The molecule has 1 amide bonds. The van der Waals surface area contributed by atoms with Gasteiger partial charge in [-0.15, -0.1) is 11.6 Å². The number of carbonyl (C=O) groups is 1. The summed E-state index contributed by atoms with van der Waals surface area (Å²) in [6.45, 7) is 4.98. The SMILES string of the molecule is CC(C)CC(=O)NCC1CCC(Cl)CC1. The van der Waals surface area contributed by atoms with Crippen molar-refractivity contribution in [1.29, 1.82) is 0 Å². The van der Waals surface area contributed by atoms with Crippen LogP contribution in [0.15, 0.2) is 0 Å². The first-order chi connectivity index (χ1) is 7.08. The Morgan fingerprint density at radius 1 is 1.33 bits per heavy atom. The smallest absolute Gasteiger partial charge is 0.220 e. The fraction of sp³-hybridized carbons (Fsp3) is 0.917. The van der Waals surface area contributed by atoms with Gasteiger partial charge in [-0.25, -0.2) is 0 Å². The maximum atomic E-state index is 11.4. The third-order valence-corrected chi connectivity index (χ3v) is 3.39. The summed E-state index contributed by atoms with van der Waals surface area (Å²) in [7, 11) is 0. The molecular weight excluding hydrogens is 210 g/mol. The first-order valence-corrected chi connectivity index (χ1v) is 6.42. The number of amides is 1. The number of nitrogens with one attached hydrogen (secondary N) is 1. The topological polar surface area (TPSA) is 29.1 Å². The summed E-state index contributed by atoms with van der Waals surface area (Å²) in [5.41, 5.74) is 0. The Morgan fingerprint density at radius 3 is 2.47 bits per heavy atom. The van der Waals surface area contributed by atoms with E-state index in [2.05, 4.69) is 19.2 Å². The van der Waals surface area contributed by atoms with E-state index in [9.17, 15) is 4.79 Å².